The summed E-state index contributed by atoms with van der Waals surface area (Å²) in [6, 6.07) is 13.0. The molecule has 5 nitrogen and oxygen atoms in total. The molecule has 0 aliphatic heterocycles. The fourth-order valence-corrected chi connectivity index (χ4v) is 3.47. The molecule has 2 aromatic carbocycles. The number of anilines is 1. The van der Waals surface area contributed by atoms with E-state index in [2.05, 4.69) is 30.5 Å². The molecule has 0 bridgehead atoms. The largest absolute Gasteiger partial charge is 0.423 e. The monoisotopic (exact) mass is 392 g/mol. The van der Waals surface area contributed by atoms with Crippen molar-refractivity contribution in [3.8, 4) is 0 Å². The molecule has 5 heteroatoms. The van der Waals surface area contributed by atoms with Gasteiger partial charge in [0.1, 0.15) is 5.58 Å². The van der Waals surface area contributed by atoms with Crippen molar-refractivity contribution < 1.29 is 9.21 Å². The summed E-state index contributed by atoms with van der Waals surface area (Å²) in [6.45, 7) is 9.48. The number of hydrogen-bond acceptors (Lipinski definition) is 4. The topological polar surface area (TPSA) is 71.3 Å². The predicted molar refractivity (Wildman–Crippen MR) is 118 cm³/mol. The van der Waals surface area contributed by atoms with Crippen LogP contribution < -0.4 is 16.3 Å². The molecule has 3 aromatic rings. The molecular weight excluding hydrogens is 364 g/mol. The van der Waals surface area contributed by atoms with Crippen LogP contribution in [0.1, 0.15) is 60.2 Å². The smallest absolute Gasteiger partial charge is 0.336 e. The van der Waals surface area contributed by atoms with Crippen molar-refractivity contribution in [3.63, 3.8) is 0 Å². The molecule has 0 fully saturated rings. The lowest BCUT2D eigenvalue weighted by molar-refractivity contribution is 0.0953. The summed E-state index contributed by atoms with van der Waals surface area (Å²) in [5.74, 6) is 0.295. The first-order chi connectivity index (χ1) is 13.9. The van der Waals surface area contributed by atoms with Gasteiger partial charge in [0.15, 0.2) is 0 Å². The fourth-order valence-electron chi connectivity index (χ4n) is 3.47. The van der Waals surface area contributed by atoms with Crippen LogP contribution in [0, 0.1) is 6.92 Å². The fraction of sp³-hybridized carbons (Fsp3) is 0.333. The highest BCUT2D eigenvalue weighted by molar-refractivity contribution is 5.95. The molecule has 0 radical (unpaired) electrons. The standard InChI is InChI=1S/C24H28N2O3/c1-5-9-25-24(28)17-7-6-8-19(11-17)26-14-18-12-23(27)29-22-10-16(4)20(15(2)3)13-21(18)22/h6-8,10-13,15,26H,5,9,14H2,1-4H3,(H,25,28). The van der Waals surface area contributed by atoms with E-state index in [0.29, 0.717) is 30.2 Å². The molecule has 0 aliphatic rings. The zero-order chi connectivity index (χ0) is 21.0. The van der Waals surface area contributed by atoms with Gasteiger partial charge in [0.2, 0.25) is 0 Å². The first-order valence-electron chi connectivity index (χ1n) is 10.1. The van der Waals surface area contributed by atoms with Crippen LogP contribution in [0.15, 0.2) is 51.7 Å². The average molecular weight is 392 g/mol. The second-order valence-corrected chi connectivity index (χ2v) is 7.64. The Balaban J connectivity index is 1.88. The lowest BCUT2D eigenvalue weighted by Crippen LogP contribution is -2.23. The maximum atomic E-state index is 12.2. The van der Waals surface area contributed by atoms with E-state index in [9.17, 15) is 9.59 Å². The van der Waals surface area contributed by atoms with Crippen molar-refractivity contribution in [2.75, 3.05) is 11.9 Å². The number of aryl methyl sites for hydroxylation is 1. The van der Waals surface area contributed by atoms with Crippen LogP contribution >= 0.6 is 0 Å². The molecule has 152 valence electrons. The average Bonchev–Trinajstić information content (AvgIpc) is 2.69. The lowest BCUT2D eigenvalue weighted by atomic mass is 9.95. The Morgan fingerprint density at radius 2 is 1.93 bits per heavy atom. The number of amides is 1. The zero-order valence-electron chi connectivity index (χ0n) is 17.5. The highest BCUT2D eigenvalue weighted by Crippen LogP contribution is 2.27. The Morgan fingerprint density at radius 3 is 2.66 bits per heavy atom. The second-order valence-electron chi connectivity index (χ2n) is 7.64. The maximum absolute atomic E-state index is 12.2. The molecule has 0 saturated heterocycles. The Kier molecular flexibility index (Phi) is 6.37. The molecule has 0 unspecified atom stereocenters. The molecule has 1 aromatic heterocycles. The predicted octanol–water partition coefficient (Wildman–Crippen LogP) is 4.98. The zero-order valence-corrected chi connectivity index (χ0v) is 17.5. The van der Waals surface area contributed by atoms with Crippen molar-refractivity contribution in [1.82, 2.24) is 5.32 Å². The van der Waals surface area contributed by atoms with Crippen LogP contribution in [-0.2, 0) is 6.54 Å². The van der Waals surface area contributed by atoms with Crippen LogP contribution in [-0.4, -0.2) is 12.5 Å². The summed E-state index contributed by atoms with van der Waals surface area (Å²) in [5.41, 5.74) is 4.90. The first-order valence-corrected chi connectivity index (χ1v) is 10.1. The van der Waals surface area contributed by atoms with Gasteiger partial charge in [-0.05, 0) is 66.3 Å². The molecule has 29 heavy (non-hydrogen) atoms. The number of rotatable bonds is 7. The van der Waals surface area contributed by atoms with Crippen molar-refractivity contribution in [2.45, 2.75) is 46.6 Å². The maximum Gasteiger partial charge on any atom is 0.336 e. The summed E-state index contributed by atoms with van der Waals surface area (Å²) in [7, 11) is 0. The number of hydrogen-bond donors (Lipinski definition) is 2. The van der Waals surface area contributed by atoms with E-state index in [1.807, 2.05) is 38.1 Å². The van der Waals surface area contributed by atoms with E-state index in [4.69, 9.17) is 4.42 Å². The minimum absolute atomic E-state index is 0.0849. The van der Waals surface area contributed by atoms with E-state index in [-0.39, 0.29) is 11.5 Å². The van der Waals surface area contributed by atoms with E-state index in [0.717, 1.165) is 28.6 Å². The van der Waals surface area contributed by atoms with Gasteiger partial charge in [-0.1, -0.05) is 26.8 Å². The summed E-state index contributed by atoms with van der Waals surface area (Å²) in [4.78, 5) is 24.2. The van der Waals surface area contributed by atoms with Crippen LogP contribution in [0.5, 0.6) is 0 Å². The Labute approximate surface area is 171 Å². The highest BCUT2D eigenvalue weighted by atomic mass is 16.4. The minimum atomic E-state index is -0.362. The van der Waals surface area contributed by atoms with Gasteiger partial charge < -0.3 is 15.1 Å². The molecule has 2 N–H and O–H groups in total. The second kappa shape index (κ2) is 8.95. The highest BCUT2D eigenvalue weighted by Gasteiger charge is 2.12. The van der Waals surface area contributed by atoms with E-state index >= 15 is 0 Å². The lowest BCUT2D eigenvalue weighted by Gasteiger charge is -2.14. The summed E-state index contributed by atoms with van der Waals surface area (Å²) in [5, 5.41) is 7.15. The molecular formula is C24H28N2O3. The van der Waals surface area contributed by atoms with Gasteiger partial charge >= 0.3 is 5.63 Å². The van der Waals surface area contributed by atoms with Crippen LogP contribution in [0.4, 0.5) is 5.69 Å². The Morgan fingerprint density at radius 1 is 1.14 bits per heavy atom. The SMILES string of the molecule is CCCNC(=O)c1cccc(NCc2cc(=O)oc3cc(C)c(C(C)C)cc23)c1. The molecule has 3 rings (SSSR count). The van der Waals surface area contributed by atoms with Crippen molar-refractivity contribution >= 4 is 22.6 Å². The van der Waals surface area contributed by atoms with Gasteiger partial charge in [-0.15, -0.1) is 0 Å². The molecule has 1 amide bonds. The van der Waals surface area contributed by atoms with Crippen LogP contribution in [0.2, 0.25) is 0 Å². The van der Waals surface area contributed by atoms with Crippen molar-refractivity contribution in [2.24, 2.45) is 0 Å². The normalized spacial score (nSPS) is 11.1. The third-order valence-electron chi connectivity index (χ3n) is 4.98. The third-order valence-corrected chi connectivity index (χ3v) is 4.98. The van der Waals surface area contributed by atoms with Crippen molar-refractivity contribution in [3.05, 3.63) is 75.1 Å². The third kappa shape index (κ3) is 4.86. The van der Waals surface area contributed by atoms with Crippen LogP contribution in [0.3, 0.4) is 0 Å². The summed E-state index contributed by atoms with van der Waals surface area (Å²) >= 11 is 0. The minimum Gasteiger partial charge on any atom is -0.423 e. The number of nitrogens with one attached hydrogen (secondary N) is 2. The van der Waals surface area contributed by atoms with E-state index in [1.165, 1.54) is 11.6 Å². The molecule has 1 heterocycles. The van der Waals surface area contributed by atoms with E-state index < -0.39 is 0 Å². The van der Waals surface area contributed by atoms with Gasteiger partial charge in [-0.3, -0.25) is 4.79 Å². The molecule has 0 spiro atoms. The molecule has 0 saturated carbocycles. The Bertz CT molecular complexity index is 1080. The number of carbonyl (C=O) groups is 1. The molecule has 0 atom stereocenters. The number of benzene rings is 2. The van der Waals surface area contributed by atoms with Gasteiger partial charge in [0, 0.05) is 35.8 Å². The summed E-state index contributed by atoms with van der Waals surface area (Å²) < 4.78 is 5.42. The van der Waals surface area contributed by atoms with Crippen LogP contribution in [0.25, 0.3) is 11.0 Å². The van der Waals surface area contributed by atoms with Crippen molar-refractivity contribution in [1.29, 1.82) is 0 Å². The number of carbonyl (C=O) groups excluding carboxylic acids is 1. The van der Waals surface area contributed by atoms with E-state index in [1.54, 1.807) is 6.07 Å². The number of fused-ring (bicyclic) bond motifs is 1. The summed E-state index contributed by atoms with van der Waals surface area (Å²) in [6.07, 6.45) is 0.894. The van der Waals surface area contributed by atoms with Gasteiger partial charge in [-0.2, -0.15) is 0 Å². The Hall–Kier alpha value is -3.08. The van der Waals surface area contributed by atoms with Gasteiger partial charge in [-0.25, -0.2) is 4.79 Å². The quantitative estimate of drug-likeness (QED) is 0.557. The van der Waals surface area contributed by atoms with Gasteiger partial charge in [0.25, 0.3) is 5.91 Å². The molecule has 0 aliphatic carbocycles. The van der Waals surface area contributed by atoms with Gasteiger partial charge in [0.05, 0.1) is 0 Å². The first kappa shape index (κ1) is 20.6.